The molecule has 0 aliphatic heterocycles. The number of aromatic nitrogens is 2. The van der Waals surface area contributed by atoms with Crippen molar-refractivity contribution in [2.45, 2.75) is 51.6 Å². The van der Waals surface area contributed by atoms with Gasteiger partial charge in [-0.2, -0.15) is 0 Å². The zero-order valence-corrected chi connectivity index (χ0v) is 9.89. The molecule has 1 N–H and O–H groups in total. The van der Waals surface area contributed by atoms with Crippen molar-refractivity contribution in [2.75, 3.05) is 0 Å². The summed E-state index contributed by atoms with van der Waals surface area (Å²) in [7, 11) is 0. The summed E-state index contributed by atoms with van der Waals surface area (Å²) in [6.45, 7) is 2.31. The lowest BCUT2D eigenvalue weighted by molar-refractivity contribution is 0.280. The first-order valence-corrected chi connectivity index (χ1v) is 6.25. The van der Waals surface area contributed by atoms with Crippen LogP contribution in [0.5, 0.6) is 0 Å². The maximum absolute atomic E-state index is 8.93. The molecule has 1 heterocycles. The van der Waals surface area contributed by atoms with Crippen molar-refractivity contribution in [1.82, 2.24) is 9.97 Å². The van der Waals surface area contributed by atoms with E-state index in [1.54, 1.807) is 12.4 Å². The maximum Gasteiger partial charge on any atom is 0.131 e. The molecule has 1 fully saturated rings. The zero-order chi connectivity index (χ0) is 11.4. The van der Waals surface area contributed by atoms with Crippen LogP contribution in [-0.4, -0.2) is 15.1 Å². The molecule has 0 amide bonds. The van der Waals surface area contributed by atoms with E-state index < -0.39 is 0 Å². The van der Waals surface area contributed by atoms with Gasteiger partial charge in [-0.3, -0.25) is 0 Å². The van der Waals surface area contributed by atoms with Gasteiger partial charge in [-0.15, -0.1) is 0 Å². The number of rotatable bonds is 3. The smallest absolute Gasteiger partial charge is 0.131 e. The van der Waals surface area contributed by atoms with Gasteiger partial charge < -0.3 is 5.11 Å². The highest BCUT2D eigenvalue weighted by molar-refractivity contribution is 5.06. The summed E-state index contributed by atoms with van der Waals surface area (Å²) in [6.07, 6.45) is 9.85. The van der Waals surface area contributed by atoms with Gasteiger partial charge >= 0.3 is 0 Å². The predicted molar refractivity (Wildman–Crippen MR) is 62.9 cm³/mol. The number of nitrogens with zero attached hydrogens (tertiary/aromatic N) is 2. The molecule has 0 bridgehead atoms. The Morgan fingerprint density at radius 1 is 1.19 bits per heavy atom. The maximum atomic E-state index is 8.93. The molecule has 1 aliphatic carbocycles. The molecule has 3 nitrogen and oxygen atoms in total. The van der Waals surface area contributed by atoms with Crippen LogP contribution in [0.2, 0.25) is 0 Å². The topological polar surface area (TPSA) is 46.0 Å². The number of hydrogen-bond acceptors (Lipinski definition) is 3. The second-order valence-electron chi connectivity index (χ2n) is 4.73. The van der Waals surface area contributed by atoms with E-state index >= 15 is 0 Å². The van der Waals surface area contributed by atoms with Gasteiger partial charge in [-0.25, -0.2) is 9.97 Å². The standard InChI is InChI=1S/C13H20N2O/c1-2-10-3-5-12(6-4-10)13-14-7-11(9-16)8-15-13/h7-8,10,12,16H,2-6,9H2,1H3. The Morgan fingerprint density at radius 2 is 1.81 bits per heavy atom. The first kappa shape index (κ1) is 11.5. The Balaban J connectivity index is 1.97. The highest BCUT2D eigenvalue weighted by Crippen LogP contribution is 2.35. The van der Waals surface area contributed by atoms with Crippen LogP contribution in [0.15, 0.2) is 12.4 Å². The SMILES string of the molecule is CCC1CCC(c2ncc(CO)cn2)CC1. The summed E-state index contributed by atoms with van der Waals surface area (Å²) in [6, 6.07) is 0. The fourth-order valence-electron chi connectivity index (χ4n) is 2.49. The Kier molecular flexibility index (Phi) is 3.88. The van der Waals surface area contributed by atoms with Crippen LogP contribution in [0, 0.1) is 5.92 Å². The molecule has 1 aromatic rings. The molecule has 1 aromatic heterocycles. The second kappa shape index (κ2) is 5.39. The zero-order valence-electron chi connectivity index (χ0n) is 9.89. The summed E-state index contributed by atoms with van der Waals surface area (Å²) in [4.78, 5) is 8.71. The average molecular weight is 220 g/mol. The van der Waals surface area contributed by atoms with Gasteiger partial charge in [0.05, 0.1) is 6.61 Å². The molecule has 88 valence electrons. The van der Waals surface area contributed by atoms with Gasteiger partial charge in [0.25, 0.3) is 0 Å². The van der Waals surface area contributed by atoms with Crippen molar-refractivity contribution in [2.24, 2.45) is 5.92 Å². The molecule has 0 spiro atoms. The van der Waals surface area contributed by atoms with Crippen molar-refractivity contribution in [3.8, 4) is 0 Å². The summed E-state index contributed by atoms with van der Waals surface area (Å²) < 4.78 is 0. The Hall–Kier alpha value is -0.960. The van der Waals surface area contributed by atoms with Crippen molar-refractivity contribution in [3.05, 3.63) is 23.8 Å². The third-order valence-corrected chi connectivity index (χ3v) is 3.70. The van der Waals surface area contributed by atoms with Crippen molar-refractivity contribution in [3.63, 3.8) is 0 Å². The first-order valence-electron chi connectivity index (χ1n) is 6.25. The van der Waals surface area contributed by atoms with Gasteiger partial charge in [0.2, 0.25) is 0 Å². The molecule has 0 radical (unpaired) electrons. The summed E-state index contributed by atoms with van der Waals surface area (Å²) in [5.41, 5.74) is 0.797. The van der Waals surface area contributed by atoms with E-state index in [2.05, 4.69) is 16.9 Å². The molecular weight excluding hydrogens is 200 g/mol. The average Bonchev–Trinajstić information content (AvgIpc) is 2.39. The molecule has 0 aromatic carbocycles. The van der Waals surface area contributed by atoms with Crippen LogP contribution in [0.25, 0.3) is 0 Å². The summed E-state index contributed by atoms with van der Waals surface area (Å²) in [5, 5.41) is 8.93. The molecule has 0 unspecified atom stereocenters. The van der Waals surface area contributed by atoms with Crippen LogP contribution < -0.4 is 0 Å². The van der Waals surface area contributed by atoms with E-state index in [1.165, 1.54) is 32.1 Å². The van der Waals surface area contributed by atoms with E-state index in [9.17, 15) is 0 Å². The third-order valence-electron chi connectivity index (χ3n) is 3.70. The van der Waals surface area contributed by atoms with Gasteiger partial charge in [0.1, 0.15) is 5.82 Å². The Bertz CT molecular complexity index is 315. The lowest BCUT2D eigenvalue weighted by atomic mass is 9.80. The number of aliphatic hydroxyl groups excluding tert-OH is 1. The minimum atomic E-state index is 0.0306. The normalized spacial score (nSPS) is 25.6. The Morgan fingerprint density at radius 3 is 2.31 bits per heavy atom. The molecule has 16 heavy (non-hydrogen) atoms. The van der Waals surface area contributed by atoms with Gasteiger partial charge in [-0.1, -0.05) is 13.3 Å². The lowest BCUT2D eigenvalue weighted by Gasteiger charge is -2.26. The van der Waals surface area contributed by atoms with E-state index in [1.807, 2.05) is 0 Å². The largest absolute Gasteiger partial charge is 0.392 e. The second-order valence-corrected chi connectivity index (χ2v) is 4.73. The van der Waals surface area contributed by atoms with E-state index in [0.29, 0.717) is 5.92 Å². The highest BCUT2D eigenvalue weighted by Gasteiger charge is 2.22. The minimum Gasteiger partial charge on any atom is -0.392 e. The first-order chi connectivity index (χ1) is 7.83. The predicted octanol–water partition coefficient (Wildman–Crippen LogP) is 2.65. The van der Waals surface area contributed by atoms with Gasteiger partial charge in [0, 0.05) is 23.9 Å². The van der Waals surface area contributed by atoms with Crippen molar-refractivity contribution in [1.29, 1.82) is 0 Å². The van der Waals surface area contributed by atoms with E-state index in [-0.39, 0.29) is 6.61 Å². The monoisotopic (exact) mass is 220 g/mol. The minimum absolute atomic E-state index is 0.0306. The Labute approximate surface area is 96.9 Å². The van der Waals surface area contributed by atoms with Crippen LogP contribution in [0.4, 0.5) is 0 Å². The van der Waals surface area contributed by atoms with Gasteiger partial charge in [0.15, 0.2) is 0 Å². The lowest BCUT2D eigenvalue weighted by Crippen LogP contribution is -2.14. The van der Waals surface area contributed by atoms with Crippen LogP contribution in [0.1, 0.15) is 56.3 Å². The van der Waals surface area contributed by atoms with Crippen LogP contribution in [-0.2, 0) is 6.61 Å². The summed E-state index contributed by atoms with van der Waals surface area (Å²) >= 11 is 0. The molecule has 3 heteroatoms. The quantitative estimate of drug-likeness (QED) is 0.851. The van der Waals surface area contributed by atoms with Crippen LogP contribution >= 0.6 is 0 Å². The highest BCUT2D eigenvalue weighted by atomic mass is 16.3. The van der Waals surface area contributed by atoms with Crippen molar-refractivity contribution >= 4 is 0 Å². The molecule has 0 atom stereocenters. The number of aliphatic hydroxyl groups is 1. The molecule has 1 saturated carbocycles. The third kappa shape index (κ3) is 2.59. The summed E-state index contributed by atoms with van der Waals surface area (Å²) in [5.74, 6) is 2.41. The number of hydrogen-bond donors (Lipinski definition) is 1. The van der Waals surface area contributed by atoms with Gasteiger partial charge in [-0.05, 0) is 31.6 Å². The fourth-order valence-corrected chi connectivity index (χ4v) is 2.49. The molecule has 2 rings (SSSR count). The molecule has 0 saturated heterocycles. The molecule has 1 aliphatic rings. The van der Waals surface area contributed by atoms with E-state index in [4.69, 9.17) is 5.11 Å². The molecular formula is C13H20N2O. The fraction of sp³-hybridized carbons (Fsp3) is 0.692. The van der Waals surface area contributed by atoms with Crippen molar-refractivity contribution < 1.29 is 5.11 Å². The van der Waals surface area contributed by atoms with E-state index in [0.717, 1.165) is 17.3 Å². The van der Waals surface area contributed by atoms with Crippen LogP contribution in [0.3, 0.4) is 0 Å².